The van der Waals surface area contributed by atoms with Crippen LogP contribution in [-0.2, 0) is 65.4 Å². The molecule has 0 radical (unpaired) electrons. The molecule has 0 aromatic carbocycles. The Kier molecular flexibility index (Phi) is 58.0. The predicted octanol–water partition coefficient (Wildman–Crippen LogP) is 18.8. The molecule has 5 atom stereocenters. The van der Waals surface area contributed by atoms with Gasteiger partial charge in [0, 0.05) is 25.7 Å². The molecule has 0 aromatic rings. The second kappa shape index (κ2) is 59.4. The second-order valence-electron chi connectivity index (χ2n) is 25.2. The van der Waals surface area contributed by atoms with Crippen LogP contribution in [0.25, 0.3) is 0 Å². The fraction of sp³-hybridized carbons (Fsp3) is 0.940. The van der Waals surface area contributed by atoms with Gasteiger partial charge in [-0.2, -0.15) is 0 Å². The SMILES string of the molecule is CCCCCCCCCCCCCC(=O)O[C@H](COC(=O)CCCCCCCCC)COP(=O)(O)OC[C@H](O)COP(=O)(O)OC[C@@H](COC(=O)CCCCCCCCCCCC(C)C)OC(=O)CCCCCCCCCCCCCCCC(C)C. The molecule has 0 bridgehead atoms. The van der Waals surface area contributed by atoms with Gasteiger partial charge in [0.2, 0.25) is 0 Å². The summed E-state index contributed by atoms with van der Waals surface area (Å²) in [5, 5.41) is 10.5. The topological polar surface area (TPSA) is 237 Å². The first-order chi connectivity index (χ1) is 41.4. The van der Waals surface area contributed by atoms with Crippen molar-refractivity contribution in [2.24, 2.45) is 11.8 Å². The van der Waals surface area contributed by atoms with Crippen molar-refractivity contribution in [2.45, 2.75) is 355 Å². The molecule has 2 unspecified atom stereocenters. The average Bonchev–Trinajstić information content (AvgIpc) is 3.62. The zero-order valence-electron chi connectivity index (χ0n) is 55.6. The van der Waals surface area contributed by atoms with Crippen LogP contribution in [-0.4, -0.2) is 96.7 Å². The molecule has 510 valence electrons. The molecule has 0 saturated carbocycles. The van der Waals surface area contributed by atoms with E-state index < -0.39 is 97.5 Å². The quantitative estimate of drug-likeness (QED) is 0.0222. The summed E-state index contributed by atoms with van der Waals surface area (Å²) in [6.07, 6.45) is 43.1. The Labute approximate surface area is 524 Å². The van der Waals surface area contributed by atoms with E-state index in [2.05, 4.69) is 41.5 Å². The van der Waals surface area contributed by atoms with Crippen molar-refractivity contribution in [3.63, 3.8) is 0 Å². The van der Waals surface area contributed by atoms with E-state index in [9.17, 15) is 43.2 Å². The third-order valence-corrected chi connectivity index (χ3v) is 17.4. The molecule has 0 fully saturated rings. The number of ether oxygens (including phenoxy) is 4. The van der Waals surface area contributed by atoms with Crippen LogP contribution in [0.1, 0.15) is 337 Å². The molecule has 86 heavy (non-hydrogen) atoms. The minimum absolute atomic E-state index is 0.106. The summed E-state index contributed by atoms with van der Waals surface area (Å²) in [7, 11) is -9.89. The third-order valence-electron chi connectivity index (χ3n) is 15.5. The zero-order valence-corrected chi connectivity index (χ0v) is 57.4. The summed E-state index contributed by atoms with van der Waals surface area (Å²) in [6.45, 7) is 9.48. The van der Waals surface area contributed by atoms with Crippen LogP contribution in [0.3, 0.4) is 0 Å². The number of phosphoric acid groups is 2. The fourth-order valence-electron chi connectivity index (χ4n) is 10.1. The Balaban J connectivity index is 5.21. The number of hydrogen-bond acceptors (Lipinski definition) is 15. The van der Waals surface area contributed by atoms with Crippen LogP contribution in [0.2, 0.25) is 0 Å². The fourth-order valence-corrected chi connectivity index (χ4v) is 11.6. The number of aliphatic hydroxyl groups is 1. The van der Waals surface area contributed by atoms with Gasteiger partial charge in [-0.05, 0) is 37.5 Å². The molecule has 0 aromatic heterocycles. The second-order valence-corrected chi connectivity index (χ2v) is 28.1. The molecule has 19 heteroatoms. The molecular weight excluding hydrogens is 1140 g/mol. The van der Waals surface area contributed by atoms with Crippen molar-refractivity contribution in [1.29, 1.82) is 0 Å². The number of rotatable bonds is 66. The van der Waals surface area contributed by atoms with Gasteiger partial charge in [-0.15, -0.1) is 0 Å². The number of hydrogen-bond donors (Lipinski definition) is 3. The van der Waals surface area contributed by atoms with Crippen molar-refractivity contribution in [3.8, 4) is 0 Å². The summed E-state index contributed by atoms with van der Waals surface area (Å²) in [5.74, 6) is -0.602. The summed E-state index contributed by atoms with van der Waals surface area (Å²) < 4.78 is 68.1. The van der Waals surface area contributed by atoms with Gasteiger partial charge in [-0.3, -0.25) is 37.3 Å². The first kappa shape index (κ1) is 84.1. The summed E-state index contributed by atoms with van der Waals surface area (Å²) in [5.41, 5.74) is 0. The van der Waals surface area contributed by atoms with Crippen LogP contribution >= 0.6 is 15.6 Å². The maximum atomic E-state index is 13.0. The van der Waals surface area contributed by atoms with Crippen molar-refractivity contribution in [2.75, 3.05) is 39.6 Å². The average molecular weight is 1270 g/mol. The standard InChI is InChI=1S/C67H130O17P2/c1-7-9-11-13-15-16-20-26-33-39-45-51-66(71)83-62(55-77-64(69)49-43-37-29-14-12-10-8-2)57-81-85(73,74)79-53-61(68)54-80-86(75,76)82-58-63(56-78-65(70)50-44-38-32-28-23-25-31-36-42-48-60(5)6)84-67(72)52-46-40-34-27-22-19-17-18-21-24-30-35-41-47-59(3)4/h59-63,68H,7-58H2,1-6H3,(H,73,74)(H,75,76)/t61-,62+,63+/m0/s1. The van der Waals surface area contributed by atoms with E-state index in [-0.39, 0.29) is 25.7 Å². The van der Waals surface area contributed by atoms with E-state index in [0.29, 0.717) is 25.7 Å². The largest absolute Gasteiger partial charge is 0.472 e. The number of carbonyl (C=O) groups is 4. The molecule has 0 rings (SSSR count). The monoisotopic (exact) mass is 1270 g/mol. The lowest BCUT2D eigenvalue weighted by Crippen LogP contribution is -2.30. The first-order valence-corrected chi connectivity index (χ1v) is 38.0. The maximum absolute atomic E-state index is 13.0. The highest BCUT2D eigenvalue weighted by molar-refractivity contribution is 7.47. The molecule has 0 aliphatic heterocycles. The van der Waals surface area contributed by atoms with Crippen molar-refractivity contribution >= 4 is 39.5 Å². The Hall–Kier alpha value is -1.94. The maximum Gasteiger partial charge on any atom is 0.472 e. The van der Waals surface area contributed by atoms with Gasteiger partial charge in [-0.25, -0.2) is 9.13 Å². The van der Waals surface area contributed by atoms with E-state index in [4.69, 9.17) is 37.0 Å². The van der Waals surface area contributed by atoms with Gasteiger partial charge in [0.15, 0.2) is 12.2 Å². The smallest absolute Gasteiger partial charge is 0.462 e. The highest BCUT2D eigenvalue weighted by atomic mass is 31.2. The lowest BCUT2D eigenvalue weighted by molar-refractivity contribution is -0.161. The lowest BCUT2D eigenvalue weighted by Gasteiger charge is -2.21. The van der Waals surface area contributed by atoms with Gasteiger partial charge in [0.1, 0.15) is 19.3 Å². The Morgan fingerprint density at radius 2 is 0.535 bits per heavy atom. The van der Waals surface area contributed by atoms with Crippen LogP contribution in [0.4, 0.5) is 0 Å². The van der Waals surface area contributed by atoms with Gasteiger partial charge >= 0.3 is 39.5 Å². The highest BCUT2D eigenvalue weighted by Crippen LogP contribution is 2.45. The Morgan fingerprint density at radius 3 is 0.791 bits per heavy atom. The Morgan fingerprint density at radius 1 is 0.314 bits per heavy atom. The van der Waals surface area contributed by atoms with Crippen LogP contribution in [0.15, 0.2) is 0 Å². The normalized spacial score (nSPS) is 14.2. The molecule has 0 spiro atoms. The third kappa shape index (κ3) is 60.9. The molecule has 0 heterocycles. The number of phosphoric ester groups is 2. The minimum Gasteiger partial charge on any atom is -0.462 e. The molecule has 17 nitrogen and oxygen atoms in total. The molecule has 0 amide bonds. The highest BCUT2D eigenvalue weighted by Gasteiger charge is 2.30. The van der Waals surface area contributed by atoms with Crippen molar-refractivity contribution in [1.82, 2.24) is 0 Å². The number of carbonyl (C=O) groups excluding carboxylic acids is 4. The number of aliphatic hydroxyl groups excluding tert-OH is 1. The van der Waals surface area contributed by atoms with Crippen molar-refractivity contribution in [3.05, 3.63) is 0 Å². The molecule has 3 N–H and O–H groups in total. The van der Waals surface area contributed by atoms with Gasteiger partial charge < -0.3 is 33.8 Å². The van der Waals surface area contributed by atoms with E-state index in [0.717, 1.165) is 115 Å². The summed E-state index contributed by atoms with van der Waals surface area (Å²) >= 11 is 0. The summed E-state index contributed by atoms with van der Waals surface area (Å²) in [4.78, 5) is 72.3. The minimum atomic E-state index is -4.95. The number of esters is 4. The van der Waals surface area contributed by atoms with Gasteiger partial charge in [0.05, 0.1) is 26.4 Å². The predicted molar refractivity (Wildman–Crippen MR) is 345 cm³/mol. The summed E-state index contributed by atoms with van der Waals surface area (Å²) in [6, 6.07) is 0. The lowest BCUT2D eigenvalue weighted by atomic mass is 10.0. The van der Waals surface area contributed by atoms with Crippen LogP contribution in [0.5, 0.6) is 0 Å². The molecule has 0 saturated heterocycles. The van der Waals surface area contributed by atoms with Crippen molar-refractivity contribution < 1.29 is 80.2 Å². The molecule has 0 aliphatic rings. The van der Waals surface area contributed by atoms with E-state index >= 15 is 0 Å². The molecule has 0 aliphatic carbocycles. The van der Waals surface area contributed by atoms with Crippen LogP contribution < -0.4 is 0 Å². The van der Waals surface area contributed by atoms with E-state index in [1.807, 2.05) is 0 Å². The number of unbranched alkanes of at least 4 members (excludes halogenated alkanes) is 36. The first-order valence-electron chi connectivity index (χ1n) is 35.0. The van der Waals surface area contributed by atoms with E-state index in [1.165, 1.54) is 141 Å². The molecular formula is C67H130O17P2. The Bertz CT molecular complexity index is 1680. The van der Waals surface area contributed by atoms with E-state index in [1.54, 1.807) is 0 Å². The van der Waals surface area contributed by atoms with Gasteiger partial charge in [-0.1, -0.05) is 286 Å². The van der Waals surface area contributed by atoms with Gasteiger partial charge in [0.25, 0.3) is 0 Å². The zero-order chi connectivity index (χ0) is 63.6. The van der Waals surface area contributed by atoms with Crippen LogP contribution in [0, 0.1) is 11.8 Å².